The minimum Gasteiger partial charge on any atom is -0.409 e. The van der Waals surface area contributed by atoms with Crippen molar-refractivity contribution in [3.05, 3.63) is 0 Å². The summed E-state index contributed by atoms with van der Waals surface area (Å²) >= 11 is 0. The van der Waals surface area contributed by atoms with E-state index in [2.05, 4.69) is 5.16 Å². The molecule has 0 aromatic rings. The Morgan fingerprint density at radius 3 is 2.47 bits per heavy atom. The van der Waals surface area contributed by atoms with Crippen molar-refractivity contribution < 1.29 is 26.8 Å². The molecule has 1 unspecified atom stereocenters. The van der Waals surface area contributed by atoms with Crippen molar-refractivity contribution in [3.8, 4) is 0 Å². The lowest BCUT2D eigenvalue weighted by molar-refractivity contribution is -0.134. The van der Waals surface area contributed by atoms with Gasteiger partial charge in [-0.05, 0) is 13.3 Å². The summed E-state index contributed by atoms with van der Waals surface area (Å²) in [4.78, 5) is 0. The normalized spacial score (nSPS) is 15.9. The lowest BCUT2D eigenvalue weighted by Crippen LogP contribution is -2.43. The topological polar surface area (TPSA) is 105 Å². The zero-order valence-corrected chi connectivity index (χ0v) is 9.85. The fourth-order valence-electron chi connectivity index (χ4n) is 0.938. The van der Waals surface area contributed by atoms with Gasteiger partial charge < -0.3 is 10.9 Å². The maximum absolute atomic E-state index is 11.8. The molecule has 0 heterocycles. The van der Waals surface area contributed by atoms with Gasteiger partial charge in [0.2, 0.25) is 10.0 Å². The van der Waals surface area contributed by atoms with Crippen molar-refractivity contribution >= 4 is 15.9 Å². The van der Waals surface area contributed by atoms with Gasteiger partial charge in [0.25, 0.3) is 0 Å². The monoisotopic (exact) mass is 277 g/mol. The zero-order chi connectivity index (χ0) is 13.7. The molecule has 0 radical (unpaired) electrons. The molecule has 0 saturated carbocycles. The summed E-state index contributed by atoms with van der Waals surface area (Å²) in [7, 11) is -3.88. The van der Waals surface area contributed by atoms with Crippen LogP contribution in [-0.2, 0) is 10.0 Å². The average molecular weight is 277 g/mol. The average Bonchev–Trinajstić information content (AvgIpc) is 2.13. The zero-order valence-electron chi connectivity index (χ0n) is 9.03. The van der Waals surface area contributed by atoms with E-state index in [1.165, 1.54) is 6.92 Å². The van der Waals surface area contributed by atoms with E-state index in [1.807, 2.05) is 4.72 Å². The van der Waals surface area contributed by atoms with E-state index in [0.717, 1.165) is 0 Å². The van der Waals surface area contributed by atoms with Gasteiger partial charge in [0.15, 0.2) is 5.84 Å². The number of nitrogens with zero attached hydrogens (tertiary/aromatic N) is 1. The van der Waals surface area contributed by atoms with Gasteiger partial charge in [-0.1, -0.05) is 5.16 Å². The summed E-state index contributed by atoms with van der Waals surface area (Å²) in [6.07, 6.45) is -6.10. The molecule has 1 atom stereocenters. The van der Waals surface area contributed by atoms with Gasteiger partial charge in [0, 0.05) is 6.42 Å². The number of hydrogen-bond donors (Lipinski definition) is 3. The molecule has 17 heavy (non-hydrogen) atoms. The molecule has 0 aliphatic heterocycles. The van der Waals surface area contributed by atoms with Crippen molar-refractivity contribution in [3.63, 3.8) is 0 Å². The maximum Gasteiger partial charge on any atom is 0.389 e. The Bertz CT molecular complexity index is 366. The Morgan fingerprint density at radius 1 is 1.53 bits per heavy atom. The Balaban J connectivity index is 4.23. The second-order valence-electron chi connectivity index (χ2n) is 3.40. The summed E-state index contributed by atoms with van der Waals surface area (Å²) in [6, 6.07) is -0.976. The van der Waals surface area contributed by atoms with Crippen LogP contribution >= 0.6 is 0 Å². The molecule has 4 N–H and O–H groups in total. The molecule has 0 fully saturated rings. The van der Waals surface area contributed by atoms with Crippen LogP contribution in [0.25, 0.3) is 0 Å². The van der Waals surface area contributed by atoms with Crippen LogP contribution in [0.5, 0.6) is 0 Å². The van der Waals surface area contributed by atoms with E-state index in [4.69, 9.17) is 10.9 Å². The molecule has 0 amide bonds. The summed E-state index contributed by atoms with van der Waals surface area (Å²) in [5.74, 6) is -1.04. The standard InChI is InChI=1S/C7H14F3N3O3S/c1-5(6(11)12-14)13-17(15,16)4-2-3-7(8,9)10/h5,13-14H,2-4H2,1H3,(H2,11,12). The third-order valence-corrected chi connectivity index (χ3v) is 3.33. The van der Waals surface area contributed by atoms with Crippen molar-refractivity contribution in [1.29, 1.82) is 0 Å². The highest BCUT2D eigenvalue weighted by molar-refractivity contribution is 7.89. The first-order chi connectivity index (χ1) is 7.57. The smallest absolute Gasteiger partial charge is 0.389 e. The van der Waals surface area contributed by atoms with E-state index in [1.54, 1.807) is 0 Å². The van der Waals surface area contributed by atoms with E-state index >= 15 is 0 Å². The number of halogens is 3. The van der Waals surface area contributed by atoms with Crippen LogP contribution in [0.15, 0.2) is 5.16 Å². The number of alkyl halides is 3. The van der Waals surface area contributed by atoms with Gasteiger partial charge in [0.1, 0.15) is 0 Å². The summed E-state index contributed by atoms with van der Waals surface area (Å²) in [6.45, 7) is 1.30. The maximum atomic E-state index is 11.8. The van der Waals surface area contributed by atoms with Crippen molar-refractivity contribution in [2.24, 2.45) is 10.9 Å². The van der Waals surface area contributed by atoms with E-state index < -0.39 is 40.8 Å². The van der Waals surface area contributed by atoms with E-state index in [9.17, 15) is 21.6 Å². The molecule has 0 aliphatic rings. The fourth-order valence-corrected chi connectivity index (χ4v) is 2.24. The van der Waals surface area contributed by atoms with Crippen LogP contribution in [0.4, 0.5) is 13.2 Å². The number of sulfonamides is 1. The lowest BCUT2D eigenvalue weighted by atomic mass is 10.3. The van der Waals surface area contributed by atoms with Gasteiger partial charge in [-0.3, -0.25) is 0 Å². The number of hydrogen-bond acceptors (Lipinski definition) is 4. The van der Waals surface area contributed by atoms with Gasteiger partial charge in [-0.25, -0.2) is 13.1 Å². The van der Waals surface area contributed by atoms with E-state index in [-0.39, 0.29) is 5.84 Å². The van der Waals surface area contributed by atoms with Gasteiger partial charge >= 0.3 is 6.18 Å². The molecule has 6 nitrogen and oxygen atoms in total. The largest absolute Gasteiger partial charge is 0.409 e. The predicted octanol–water partition coefficient (Wildman–Crippen LogP) is 0.383. The van der Waals surface area contributed by atoms with Gasteiger partial charge in [-0.15, -0.1) is 0 Å². The SMILES string of the molecule is CC(NS(=O)(=O)CCCC(F)(F)F)C(N)=NO. The first-order valence-corrected chi connectivity index (χ1v) is 6.27. The van der Waals surface area contributed by atoms with Crippen LogP contribution in [-0.4, -0.2) is 37.4 Å². The molecule has 0 spiro atoms. The molecule has 10 heteroatoms. The highest BCUT2D eigenvalue weighted by Crippen LogP contribution is 2.21. The van der Waals surface area contributed by atoms with Crippen molar-refractivity contribution in [1.82, 2.24) is 4.72 Å². The quantitative estimate of drug-likeness (QED) is 0.282. The van der Waals surface area contributed by atoms with Crippen LogP contribution < -0.4 is 10.5 Å². The van der Waals surface area contributed by atoms with Crippen molar-refractivity contribution in [2.75, 3.05) is 5.75 Å². The number of rotatable bonds is 6. The Labute approximate surface area is 96.7 Å². The lowest BCUT2D eigenvalue weighted by Gasteiger charge is -2.12. The van der Waals surface area contributed by atoms with Crippen LogP contribution in [0.3, 0.4) is 0 Å². The predicted molar refractivity (Wildman–Crippen MR) is 55.1 cm³/mol. The third-order valence-electron chi connectivity index (χ3n) is 1.79. The van der Waals surface area contributed by atoms with Gasteiger partial charge in [-0.2, -0.15) is 13.2 Å². The minimum absolute atomic E-state index is 0.371. The van der Waals surface area contributed by atoms with E-state index in [0.29, 0.717) is 0 Å². The first kappa shape index (κ1) is 16.0. The molecule has 0 aromatic carbocycles. The second-order valence-corrected chi connectivity index (χ2v) is 5.28. The fraction of sp³-hybridized carbons (Fsp3) is 0.857. The summed E-state index contributed by atoms with van der Waals surface area (Å²) in [5, 5.41) is 10.8. The van der Waals surface area contributed by atoms with Crippen LogP contribution in [0.1, 0.15) is 19.8 Å². The van der Waals surface area contributed by atoms with Crippen LogP contribution in [0.2, 0.25) is 0 Å². The van der Waals surface area contributed by atoms with Crippen LogP contribution in [0, 0.1) is 0 Å². The molecule has 0 rings (SSSR count). The molecular formula is C7H14F3N3O3S. The molecule has 0 aliphatic carbocycles. The second kappa shape index (κ2) is 6.05. The number of amidine groups is 1. The first-order valence-electron chi connectivity index (χ1n) is 4.61. The third kappa shape index (κ3) is 7.80. The number of nitrogens with one attached hydrogen (secondary N) is 1. The number of nitrogens with two attached hydrogens (primary N) is 1. The van der Waals surface area contributed by atoms with Crippen molar-refractivity contribution in [2.45, 2.75) is 32.0 Å². The highest BCUT2D eigenvalue weighted by atomic mass is 32.2. The van der Waals surface area contributed by atoms with Gasteiger partial charge in [0.05, 0.1) is 11.8 Å². The summed E-state index contributed by atoms with van der Waals surface area (Å²) in [5.41, 5.74) is 5.11. The number of oxime groups is 1. The Hall–Kier alpha value is -1.03. The summed E-state index contributed by atoms with van der Waals surface area (Å²) < 4.78 is 59.9. The molecule has 0 bridgehead atoms. The molecule has 102 valence electrons. The molecule has 0 aromatic heterocycles. The highest BCUT2D eigenvalue weighted by Gasteiger charge is 2.27. The Kier molecular flexibility index (Phi) is 5.69. The molecule has 0 saturated heterocycles. The minimum atomic E-state index is -4.38. The Morgan fingerprint density at radius 2 is 2.06 bits per heavy atom. The molecular weight excluding hydrogens is 263 g/mol.